The van der Waals surface area contributed by atoms with E-state index in [4.69, 9.17) is 4.98 Å². The van der Waals surface area contributed by atoms with Crippen molar-refractivity contribution in [1.82, 2.24) is 9.88 Å². The summed E-state index contributed by atoms with van der Waals surface area (Å²) in [5, 5.41) is 20.3. The monoisotopic (exact) mass is 322 g/mol. The van der Waals surface area contributed by atoms with E-state index in [0.29, 0.717) is 11.6 Å². The molecule has 0 spiro atoms. The number of anilines is 1. The number of hydrogen-bond acceptors (Lipinski definition) is 5. The number of aliphatic hydroxyl groups is 1. The van der Waals surface area contributed by atoms with E-state index >= 15 is 0 Å². The van der Waals surface area contributed by atoms with Gasteiger partial charge in [0.25, 0.3) is 0 Å². The van der Waals surface area contributed by atoms with Crippen LogP contribution in [0.4, 0.5) is 5.82 Å². The van der Waals surface area contributed by atoms with Crippen LogP contribution in [-0.4, -0.2) is 53.3 Å². The Morgan fingerprint density at radius 2 is 1.92 bits per heavy atom. The van der Waals surface area contributed by atoms with Crippen molar-refractivity contribution in [2.24, 2.45) is 0 Å². The number of nitrogens with zero attached hydrogens (tertiary/aromatic N) is 4. The second-order valence-corrected chi connectivity index (χ2v) is 6.82. The van der Waals surface area contributed by atoms with Crippen LogP contribution in [0.2, 0.25) is 0 Å². The molecule has 1 aromatic heterocycles. The molecule has 0 amide bonds. The van der Waals surface area contributed by atoms with Gasteiger partial charge in [0, 0.05) is 37.6 Å². The summed E-state index contributed by atoms with van der Waals surface area (Å²) in [5.41, 5.74) is 1.60. The lowest BCUT2D eigenvalue weighted by atomic mass is 10.0. The van der Waals surface area contributed by atoms with E-state index in [0.717, 1.165) is 62.2 Å². The van der Waals surface area contributed by atoms with Crippen LogP contribution in [0.5, 0.6) is 0 Å². The number of rotatable bonds is 2. The van der Waals surface area contributed by atoms with Crippen LogP contribution >= 0.6 is 0 Å². The zero-order chi connectivity index (χ0) is 16.5. The first-order valence-corrected chi connectivity index (χ1v) is 8.71. The van der Waals surface area contributed by atoms with E-state index in [1.807, 2.05) is 30.3 Å². The Bertz CT molecular complexity index is 777. The fourth-order valence-electron chi connectivity index (χ4n) is 3.97. The molecule has 2 aliphatic rings. The molecule has 2 aliphatic heterocycles. The number of benzene rings is 1. The zero-order valence-electron chi connectivity index (χ0n) is 13.7. The van der Waals surface area contributed by atoms with Gasteiger partial charge in [0.05, 0.1) is 17.2 Å². The molecule has 5 nitrogen and oxygen atoms in total. The molecule has 2 fully saturated rings. The van der Waals surface area contributed by atoms with E-state index in [-0.39, 0.29) is 6.10 Å². The number of likely N-dealkylation sites (tertiary alicyclic amines) is 1. The summed E-state index contributed by atoms with van der Waals surface area (Å²) in [7, 11) is 0. The van der Waals surface area contributed by atoms with E-state index in [1.165, 1.54) is 0 Å². The Labute approximate surface area is 142 Å². The minimum absolute atomic E-state index is 0.157. The molecule has 124 valence electrons. The molecule has 1 unspecified atom stereocenters. The Balaban J connectivity index is 1.53. The first kappa shape index (κ1) is 15.4. The third-order valence-electron chi connectivity index (χ3n) is 5.30. The fourth-order valence-corrected chi connectivity index (χ4v) is 3.97. The van der Waals surface area contributed by atoms with Crippen LogP contribution in [0.3, 0.4) is 0 Å². The summed E-state index contributed by atoms with van der Waals surface area (Å²) in [4.78, 5) is 9.42. The Hall–Kier alpha value is -2.16. The minimum atomic E-state index is -0.157. The fraction of sp³-hybridized carbons (Fsp3) is 0.474. The SMILES string of the molecule is N#Cc1cc2ccccc2nc1N1CCC(N2CCC(O)C2)CC1. The molecule has 0 radical (unpaired) electrons. The summed E-state index contributed by atoms with van der Waals surface area (Å²) in [6, 6.07) is 12.8. The summed E-state index contributed by atoms with van der Waals surface area (Å²) in [6.07, 6.45) is 2.86. The lowest BCUT2D eigenvalue weighted by Gasteiger charge is -2.37. The highest BCUT2D eigenvalue weighted by Crippen LogP contribution is 2.28. The molecular weight excluding hydrogens is 300 g/mol. The first-order chi connectivity index (χ1) is 11.7. The third-order valence-corrected chi connectivity index (χ3v) is 5.30. The molecule has 0 aliphatic carbocycles. The molecule has 0 saturated carbocycles. The first-order valence-electron chi connectivity index (χ1n) is 8.71. The zero-order valence-corrected chi connectivity index (χ0v) is 13.7. The highest BCUT2D eigenvalue weighted by molar-refractivity contribution is 5.83. The predicted octanol–water partition coefficient (Wildman–Crippen LogP) is 2.14. The number of fused-ring (bicyclic) bond motifs is 1. The van der Waals surface area contributed by atoms with Gasteiger partial charge in [-0.1, -0.05) is 18.2 Å². The molecule has 0 bridgehead atoms. The number of pyridine rings is 1. The smallest absolute Gasteiger partial charge is 0.147 e. The van der Waals surface area contributed by atoms with Gasteiger partial charge in [-0.2, -0.15) is 5.26 Å². The number of nitriles is 1. The number of β-amino-alcohol motifs (C(OH)–C–C–N with tert-alkyl or cyclic N) is 1. The number of aromatic nitrogens is 1. The van der Waals surface area contributed by atoms with Gasteiger partial charge in [0.1, 0.15) is 11.9 Å². The second-order valence-electron chi connectivity index (χ2n) is 6.82. The van der Waals surface area contributed by atoms with E-state index in [1.54, 1.807) is 0 Å². The van der Waals surface area contributed by atoms with Gasteiger partial charge in [-0.15, -0.1) is 0 Å². The van der Waals surface area contributed by atoms with Gasteiger partial charge in [0.2, 0.25) is 0 Å². The van der Waals surface area contributed by atoms with Crippen molar-refractivity contribution < 1.29 is 5.11 Å². The summed E-state index contributed by atoms with van der Waals surface area (Å²) in [6.45, 7) is 3.64. The van der Waals surface area contributed by atoms with Crippen LogP contribution in [0.25, 0.3) is 10.9 Å². The van der Waals surface area contributed by atoms with E-state index in [2.05, 4.69) is 15.9 Å². The molecule has 3 heterocycles. The highest BCUT2D eigenvalue weighted by Gasteiger charge is 2.30. The van der Waals surface area contributed by atoms with Crippen molar-refractivity contribution in [1.29, 1.82) is 5.26 Å². The normalized spacial score (nSPS) is 22.8. The number of piperidine rings is 1. The van der Waals surface area contributed by atoms with Gasteiger partial charge in [0.15, 0.2) is 0 Å². The molecule has 1 N–H and O–H groups in total. The second kappa shape index (κ2) is 6.39. The molecule has 2 saturated heterocycles. The maximum Gasteiger partial charge on any atom is 0.147 e. The lowest BCUT2D eigenvalue weighted by Crippen LogP contribution is -2.44. The quantitative estimate of drug-likeness (QED) is 0.918. The molecule has 4 rings (SSSR count). The van der Waals surface area contributed by atoms with Crippen molar-refractivity contribution in [3.05, 3.63) is 35.9 Å². The summed E-state index contributed by atoms with van der Waals surface area (Å²) in [5.74, 6) is 0.816. The number of aliphatic hydroxyl groups excluding tert-OH is 1. The van der Waals surface area contributed by atoms with E-state index in [9.17, 15) is 10.4 Å². The van der Waals surface area contributed by atoms with Crippen molar-refractivity contribution >= 4 is 16.7 Å². The third kappa shape index (κ3) is 2.83. The topological polar surface area (TPSA) is 63.4 Å². The maximum absolute atomic E-state index is 9.73. The summed E-state index contributed by atoms with van der Waals surface area (Å²) < 4.78 is 0. The molecule has 1 atom stereocenters. The van der Waals surface area contributed by atoms with Crippen LogP contribution < -0.4 is 4.90 Å². The molecular formula is C19H22N4O. The Kier molecular flexibility index (Phi) is 4.09. The molecule has 5 heteroatoms. The predicted molar refractivity (Wildman–Crippen MR) is 93.9 cm³/mol. The van der Waals surface area contributed by atoms with Crippen LogP contribution in [0.15, 0.2) is 30.3 Å². The average Bonchev–Trinajstić information content (AvgIpc) is 3.07. The number of hydrogen-bond donors (Lipinski definition) is 1. The molecule has 2 aromatic rings. The standard InChI is InChI=1S/C19H22N4O/c20-12-15-11-14-3-1-2-4-18(14)21-19(15)22-8-5-16(6-9-22)23-10-7-17(24)13-23/h1-4,11,16-17,24H,5-10,13H2. The lowest BCUT2D eigenvalue weighted by molar-refractivity contribution is 0.148. The Morgan fingerprint density at radius 3 is 2.62 bits per heavy atom. The highest BCUT2D eigenvalue weighted by atomic mass is 16.3. The van der Waals surface area contributed by atoms with Gasteiger partial charge in [-0.05, 0) is 31.4 Å². The van der Waals surface area contributed by atoms with Crippen LogP contribution in [-0.2, 0) is 0 Å². The molecule has 24 heavy (non-hydrogen) atoms. The number of para-hydroxylation sites is 1. The van der Waals surface area contributed by atoms with Crippen LogP contribution in [0.1, 0.15) is 24.8 Å². The van der Waals surface area contributed by atoms with Crippen molar-refractivity contribution in [3.8, 4) is 6.07 Å². The Morgan fingerprint density at radius 1 is 1.12 bits per heavy atom. The van der Waals surface area contributed by atoms with Crippen LogP contribution in [0, 0.1) is 11.3 Å². The average molecular weight is 322 g/mol. The van der Waals surface area contributed by atoms with Crippen molar-refractivity contribution in [3.63, 3.8) is 0 Å². The van der Waals surface area contributed by atoms with E-state index < -0.39 is 0 Å². The van der Waals surface area contributed by atoms with Crippen molar-refractivity contribution in [2.75, 3.05) is 31.1 Å². The minimum Gasteiger partial charge on any atom is -0.392 e. The van der Waals surface area contributed by atoms with Crippen molar-refractivity contribution in [2.45, 2.75) is 31.4 Å². The summed E-state index contributed by atoms with van der Waals surface area (Å²) >= 11 is 0. The van der Waals surface area contributed by atoms with Gasteiger partial charge in [-0.25, -0.2) is 4.98 Å². The molecule has 1 aromatic carbocycles. The van der Waals surface area contributed by atoms with Gasteiger partial charge < -0.3 is 10.0 Å². The maximum atomic E-state index is 9.73. The van der Waals surface area contributed by atoms with Gasteiger partial charge >= 0.3 is 0 Å². The van der Waals surface area contributed by atoms with Gasteiger partial charge in [-0.3, -0.25) is 4.90 Å². The largest absolute Gasteiger partial charge is 0.392 e.